The van der Waals surface area contributed by atoms with Crippen LogP contribution in [0.3, 0.4) is 0 Å². The summed E-state index contributed by atoms with van der Waals surface area (Å²) < 4.78 is 49.9. The van der Waals surface area contributed by atoms with Crippen LogP contribution in [0.4, 0.5) is 0 Å². The molecular formula is C12H13ClN2O4S2. The van der Waals surface area contributed by atoms with Crippen LogP contribution < -0.4 is 4.72 Å². The predicted molar refractivity (Wildman–Crippen MR) is 78.3 cm³/mol. The SMILES string of the molecule is Cc1cc(C#N)ccc1S(=O)(=O)NC1CS(=O)(=O)CC1Cl. The third-order valence-electron chi connectivity index (χ3n) is 3.18. The molecule has 21 heavy (non-hydrogen) atoms. The van der Waals surface area contributed by atoms with Gasteiger partial charge >= 0.3 is 0 Å². The smallest absolute Gasteiger partial charge is 0.229 e. The summed E-state index contributed by atoms with van der Waals surface area (Å²) >= 11 is 5.89. The lowest BCUT2D eigenvalue weighted by Crippen LogP contribution is -2.40. The van der Waals surface area contributed by atoms with Gasteiger partial charge in [0.15, 0.2) is 9.84 Å². The van der Waals surface area contributed by atoms with E-state index in [0.29, 0.717) is 11.1 Å². The lowest BCUT2D eigenvalue weighted by Gasteiger charge is -2.16. The minimum atomic E-state index is -3.89. The van der Waals surface area contributed by atoms with Gasteiger partial charge in [-0.1, -0.05) is 0 Å². The molecule has 1 aliphatic rings. The van der Waals surface area contributed by atoms with Crippen molar-refractivity contribution >= 4 is 31.5 Å². The van der Waals surface area contributed by atoms with Crippen molar-refractivity contribution in [1.82, 2.24) is 4.72 Å². The number of halogens is 1. The maximum Gasteiger partial charge on any atom is 0.241 e. The number of rotatable bonds is 3. The Bertz CT molecular complexity index is 812. The van der Waals surface area contributed by atoms with E-state index in [9.17, 15) is 16.8 Å². The fourth-order valence-corrected chi connectivity index (χ4v) is 6.43. The summed E-state index contributed by atoms with van der Waals surface area (Å²) in [7, 11) is -7.21. The van der Waals surface area contributed by atoms with Crippen LogP contribution in [0.25, 0.3) is 0 Å². The van der Waals surface area contributed by atoms with Crippen molar-refractivity contribution < 1.29 is 16.8 Å². The number of aryl methyl sites for hydroxylation is 1. The van der Waals surface area contributed by atoms with Crippen LogP contribution in [0.1, 0.15) is 11.1 Å². The Hall–Kier alpha value is -1.14. The number of nitrogens with one attached hydrogen (secondary N) is 1. The molecule has 1 aromatic rings. The number of sulfone groups is 1. The second-order valence-electron chi connectivity index (χ2n) is 4.91. The zero-order valence-corrected chi connectivity index (χ0v) is 13.5. The van der Waals surface area contributed by atoms with Gasteiger partial charge in [0.1, 0.15) is 0 Å². The quantitative estimate of drug-likeness (QED) is 0.803. The first-order valence-corrected chi connectivity index (χ1v) is 9.76. The van der Waals surface area contributed by atoms with E-state index >= 15 is 0 Å². The van der Waals surface area contributed by atoms with Crippen LogP contribution in [0.5, 0.6) is 0 Å². The van der Waals surface area contributed by atoms with Gasteiger partial charge in [0.25, 0.3) is 0 Å². The molecule has 0 spiro atoms. The highest BCUT2D eigenvalue weighted by atomic mass is 35.5. The van der Waals surface area contributed by atoms with Gasteiger partial charge in [0.05, 0.1) is 39.5 Å². The van der Waals surface area contributed by atoms with E-state index in [1.807, 2.05) is 6.07 Å². The van der Waals surface area contributed by atoms with Crippen LogP contribution in [-0.2, 0) is 19.9 Å². The highest BCUT2D eigenvalue weighted by Gasteiger charge is 2.39. The molecule has 2 atom stereocenters. The van der Waals surface area contributed by atoms with E-state index < -0.39 is 31.3 Å². The minimum Gasteiger partial charge on any atom is -0.229 e. The monoisotopic (exact) mass is 348 g/mol. The van der Waals surface area contributed by atoms with Gasteiger partial charge in [-0.05, 0) is 30.7 Å². The minimum absolute atomic E-state index is 0.00895. The van der Waals surface area contributed by atoms with Crippen molar-refractivity contribution in [2.45, 2.75) is 23.2 Å². The molecule has 9 heteroatoms. The molecule has 1 saturated heterocycles. The van der Waals surface area contributed by atoms with Gasteiger partial charge in [0.2, 0.25) is 10.0 Å². The van der Waals surface area contributed by atoms with Crippen LogP contribution in [0, 0.1) is 18.3 Å². The Balaban J connectivity index is 2.30. The summed E-state index contributed by atoms with van der Waals surface area (Å²) in [5.41, 5.74) is 0.763. The Morgan fingerprint density at radius 2 is 2.05 bits per heavy atom. The second kappa shape index (κ2) is 5.57. The van der Waals surface area contributed by atoms with Crippen molar-refractivity contribution in [3.8, 4) is 6.07 Å². The average Bonchev–Trinajstić information content (AvgIpc) is 2.60. The lowest BCUT2D eigenvalue weighted by atomic mass is 10.2. The van der Waals surface area contributed by atoms with E-state index in [2.05, 4.69) is 4.72 Å². The Kier molecular flexibility index (Phi) is 4.31. The Morgan fingerprint density at radius 3 is 2.52 bits per heavy atom. The van der Waals surface area contributed by atoms with Crippen molar-refractivity contribution in [2.24, 2.45) is 0 Å². The van der Waals surface area contributed by atoms with E-state index in [0.717, 1.165) is 0 Å². The lowest BCUT2D eigenvalue weighted by molar-refractivity contribution is 0.563. The molecular weight excluding hydrogens is 336 g/mol. The molecule has 114 valence electrons. The van der Waals surface area contributed by atoms with Crippen molar-refractivity contribution in [1.29, 1.82) is 5.26 Å². The van der Waals surface area contributed by atoms with E-state index in [1.54, 1.807) is 6.92 Å². The van der Waals surface area contributed by atoms with Crippen molar-refractivity contribution in [3.05, 3.63) is 29.3 Å². The molecule has 2 rings (SSSR count). The topological polar surface area (TPSA) is 104 Å². The van der Waals surface area contributed by atoms with Crippen molar-refractivity contribution in [2.75, 3.05) is 11.5 Å². The second-order valence-corrected chi connectivity index (χ2v) is 9.31. The number of sulfonamides is 1. The average molecular weight is 349 g/mol. The first-order chi connectivity index (χ1) is 9.64. The molecule has 0 bridgehead atoms. The fourth-order valence-electron chi connectivity index (χ4n) is 2.20. The van der Waals surface area contributed by atoms with Crippen LogP contribution in [-0.4, -0.2) is 39.8 Å². The van der Waals surface area contributed by atoms with Gasteiger partial charge in [-0.25, -0.2) is 21.6 Å². The molecule has 1 fully saturated rings. The van der Waals surface area contributed by atoms with Crippen LogP contribution >= 0.6 is 11.6 Å². The standard InChI is InChI=1S/C12H13ClN2O4S2/c1-8-4-9(5-14)2-3-12(8)21(18,19)15-11-7-20(16,17)6-10(11)13/h2-4,10-11,15H,6-7H2,1H3. The van der Waals surface area contributed by atoms with Crippen molar-refractivity contribution in [3.63, 3.8) is 0 Å². The fraction of sp³-hybridized carbons (Fsp3) is 0.417. The first-order valence-electron chi connectivity index (χ1n) is 6.02. The molecule has 6 nitrogen and oxygen atoms in total. The summed E-state index contributed by atoms with van der Waals surface area (Å²) in [6.45, 7) is 1.57. The summed E-state index contributed by atoms with van der Waals surface area (Å²) in [4.78, 5) is 0.00895. The van der Waals surface area contributed by atoms with Crippen LogP contribution in [0.2, 0.25) is 0 Å². The molecule has 0 radical (unpaired) electrons. The molecule has 1 aromatic carbocycles. The number of nitriles is 1. The third kappa shape index (κ3) is 3.55. The van der Waals surface area contributed by atoms with Crippen LogP contribution in [0.15, 0.2) is 23.1 Å². The molecule has 0 aromatic heterocycles. The largest absolute Gasteiger partial charge is 0.241 e. The number of hydrogen-bond donors (Lipinski definition) is 1. The maximum atomic E-state index is 12.3. The molecule has 2 unspecified atom stereocenters. The molecule has 1 heterocycles. The molecule has 1 aliphatic heterocycles. The summed E-state index contributed by atoms with van der Waals surface area (Å²) in [6, 6.07) is 5.24. The van der Waals surface area contributed by atoms with E-state index in [4.69, 9.17) is 16.9 Å². The Morgan fingerprint density at radius 1 is 1.38 bits per heavy atom. The highest BCUT2D eigenvalue weighted by molar-refractivity contribution is 7.92. The number of alkyl halides is 1. The normalized spacial score (nSPS) is 24.6. The third-order valence-corrected chi connectivity index (χ3v) is 7.21. The highest BCUT2D eigenvalue weighted by Crippen LogP contribution is 2.22. The predicted octanol–water partition coefficient (Wildman–Crippen LogP) is 0.549. The van der Waals surface area contributed by atoms with Gasteiger partial charge in [-0.15, -0.1) is 11.6 Å². The summed E-state index contributed by atoms with van der Waals surface area (Å²) in [5, 5.41) is 7.99. The van der Waals surface area contributed by atoms with Gasteiger partial charge < -0.3 is 0 Å². The maximum absolute atomic E-state index is 12.3. The molecule has 0 aliphatic carbocycles. The van der Waals surface area contributed by atoms with E-state index in [-0.39, 0.29) is 16.4 Å². The van der Waals surface area contributed by atoms with E-state index in [1.165, 1.54) is 18.2 Å². The number of benzene rings is 1. The first kappa shape index (κ1) is 16.2. The van der Waals surface area contributed by atoms with Gasteiger partial charge in [-0.3, -0.25) is 0 Å². The molecule has 0 amide bonds. The molecule has 1 N–H and O–H groups in total. The zero-order valence-electron chi connectivity index (χ0n) is 11.1. The van der Waals surface area contributed by atoms with Gasteiger partial charge in [-0.2, -0.15) is 5.26 Å². The number of hydrogen-bond acceptors (Lipinski definition) is 5. The number of nitrogens with zero attached hydrogens (tertiary/aromatic N) is 1. The Labute approximate surface area is 128 Å². The van der Waals surface area contributed by atoms with Gasteiger partial charge in [0, 0.05) is 0 Å². The zero-order chi connectivity index (χ0) is 15.8. The summed E-state index contributed by atoms with van der Waals surface area (Å²) in [5.74, 6) is -0.552. The molecule has 0 saturated carbocycles. The summed E-state index contributed by atoms with van der Waals surface area (Å²) in [6.07, 6.45) is 0.